The molecule has 0 atom stereocenters. The standard InChI is InChI=1S/C22H28N8O/c1-23-21(31)18-12-15-13-26-22(28-20(15)30(18)16-4-2-3-5-16)27-19-7-6-17(14-25-19)29-10-8-24-9-11-29/h6-7,12-14,16,24H,2-5,8-11H2,1H3,(H,23,31)(H,25,26,27,28)/i1D3. The van der Waals surface area contributed by atoms with Crippen LogP contribution in [0.4, 0.5) is 17.5 Å². The molecule has 3 aromatic heterocycles. The number of anilines is 3. The van der Waals surface area contributed by atoms with Crippen molar-refractivity contribution in [2.24, 2.45) is 0 Å². The van der Waals surface area contributed by atoms with Crippen molar-refractivity contribution in [3.8, 4) is 0 Å². The van der Waals surface area contributed by atoms with Gasteiger partial charge >= 0.3 is 0 Å². The molecule has 0 bridgehead atoms. The second-order valence-electron chi connectivity index (χ2n) is 8.03. The number of pyridine rings is 1. The monoisotopic (exact) mass is 423 g/mol. The fourth-order valence-electron chi connectivity index (χ4n) is 4.52. The molecule has 162 valence electrons. The number of rotatable bonds is 5. The molecule has 0 unspecified atom stereocenters. The molecule has 31 heavy (non-hydrogen) atoms. The van der Waals surface area contributed by atoms with Crippen LogP contribution in [0.15, 0.2) is 30.6 Å². The summed E-state index contributed by atoms with van der Waals surface area (Å²) in [4.78, 5) is 28.7. The van der Waals surface area contributed by atoms with E-state index in [-0.39, 0.29) is 6.04 Å². The molecule has 0 radical (unpaired) electrons. The highest BCUT2D eigenvalue weighted by Gasteiger charge is 2.25. The molecule has 3 N–H and O–H groups in total. The second kappa shape index (κ2) is 8.50. The Morgan fingerprint density at radius 2 is 2.03 bits per heavy atom. The smallest absolute Gasteiger partial charge is 0.267 e. The Hall–Kier alpha value is -3.20. The second-order valence-corrected chi connectivity index (χ2v) is 8.03. The molecule has 1 aliphatic heterocycles. The van der Waals surface area contributed by atoms with E-state index in [0.717, 1.165) is 57.5 Å². The Bertz CT molecular complexity index is 1170. The average molecular weight is 424 g/mol. The zero-order chi connectivity index (χ0) is 23.7. The number of amides is 1. The number of fused-ring (bicyclic) bond motifs is 1. The molecule has 9 nitrogen and oxygen atoms in total. The number of nitrogens with one attached hydrogen (secondary N) is 3. The van der Waals surface area contributed by atoms with E-state index < -0.39 is 12.9 Å². The molecular weight excluding hydrogens is 392 g/mol. The molecule has 9 heteroatoms. The number of piperazine rings is 1. The molecule has 2 aliphatic rings. The van der Waals surface area contributed by atoms with Crippen molar-refractivity contribution >= 4 is 34.4 Å². The van der Waals surface area contributed by atoms with Crippen LogP contribution in [0, 0.1) is 0 Å². The van der Waals surface area contributed by atoms with Gasteiger partial charge in [-0.2, -0.15) is 4.98 Å². The van der Waals surface area contributed by atoms with Crippen molar-refractivity contribution in [2.75, 3.05) is 43.4 Å². The molecule has 2 fully saturated rings. The predicted octanol–water partition coefficient (Wildman–Crippen LogP) is 2.45. The van der Waals surface area contributed by atoms with Crippen LogP contribution in [0.3, 0.4) is 0 Å². The molecule has 4 heterocycles. The first-order valence-electron chi connectivity index (χ1n) is 12.3. The molecule has 0 spiro atoms. The molecule has 1 saturated carbocycles. The largest absolute Gasteiger partial charge is 0.368 e. The van der Waals surface area contributed by atoms with Gasteiger partial charge in [-0.25, -0.2) is 9.97 Å². The molecule has 1 saturated heterocycles. The zero-order valence-electron chi connectivity index (χ0n) is 20.3. The first-order chi connectivity index (χ1) is 16.4. The van der Waals surface area contributed by atoms with Crippen LogP contribution < -0.4 is 20.9 Å². The fraction of sp³-hybridized carbons (Fsp3) is 0.455. The van der Waals surface area contributed by atoms with Crippen molar-refractivity contribution < 1.29 is 8.91 Å². The van der Waals surface area contributed by atoms with E-state index in [1.165, 1.54) is 0 Å². The lowest BCUT2D eigenvalue weighted by Gasteiger charge is -2.29. The van der Waals surface area contributed by atoms with Gasteiger partial charge in [-0.3, -0.25) is 4.79 Å². The SMILES string of the molecule is [2H]C([2H])([2H])NC(=O)c1cc2cnc(Nc3ccc(N4CCNCC4)cn3)nc2n1C1CCCC1. The minimum Gasteiger partial charge on any atom is -0.368 e. The van der Waals surface area contributed by atoms with Crippen molar-refractivity contribution in [1.82, 2.24) is 30.2 Å². The fourth-order valence-corrected chi connectivity index (χ4v) is 4.52. The van der Waals surface area contributed by atoms with Crippen molar-refractivity contribution in [3.63, 3.8) is 0 Å². The lowest BCUT2D eigenvalue weighted by Crippen LogP contribution is -2.43. The number of hydrogen-bond donors (Lipinski definition) is 3. The number of carbonyl (C=O) groups excluding carboxylic acids is 1. The third-order valence-corrected chi connectivity index (χ3v) is 6.08. The third kappa shape index (κ3) is 3.93. The van der Waals surface area contributed by atoms with Crippen LogP contribution in [0.25, 0.3) is 11.0 Å². The highest BCUT2D eigenvalue weighted by molar-refractivity contribution is 5.98. The van der Waals surface area contributed by atoms with Gasteiger partial charge < -0.3 is 25.4 Å². The first-order valence-corrected chi connectivity index (χ1v) is 10.8. The van der Waals surface area contributed by atoms with E-state index in [2.05, 4.69) is 35.8 Å². The van der Waals surface area contributed by atoms with Crippen LogP contribution in [0.2, 0.25) is 0 Å². The summed E-state index contributed by atoms with van der Waals surface area (Å²) in [6.07, 6.45) is 7.44. The molecule has 1 aliphatic carbocycles. The van der Waals surface area contributed by atoms with Gasteiger partial charge in [0.15, 0.2) is 0 Å². The van der Waals surface area contributed by atoms with Gasteiger partial charge in [0.25, 0.3) is 5.91 Å². The summed E-state index contributed by atoms with van der Waals surface area (Å²) in [6, 6.07) is 5.68. The minimum absolute atomic E-state index is 0.0917. The number of aromatic nitrogens is 4. The maximum atomic E-state index is 12.8. The zero-order valence-corrected chi connectivity index (χ0v) is 17.3. The molecule has 0 aromatic carbocycles. The number of hydrogen-bond acceptors (Lipinski definition) is 7. The maximum absolute atomic E-state index is 12.8. The van der Waals surface area contributed by atoms with Gasteiger partial charge in [0.1, 0.15) is 17.2 Å². The van der Waals surface area contributed by atoms with Gasteiger partial charge in [-0.1, -0.05) is 12.8 Å². The summed E-state index contributed by atoms with van der Waals surface area (Å²) < 4.78 is 24.1. The Labute approximate surface area is 185 Å². The molecule has 5 rings (SSSR count). The van der Waals surface area contributed by atoms with E-state index in [0.29, 0.717) is 28.5 Å². The summed E-state index contributed by atoms with van der Waals surface area (Å²) >= 11 is 0. The molecular formula is C22H28N8O. The first kappa shape index (κ1) is 16.5. The lowest BCUT2D eigenvalue weighted by molar-refractivity contribution is 0.0952. The van der Waals surface area contributed by atoms with Gasteiger partial charge in [0, 0.05) is 54.9 Å². The van der Waals surface area contributed by atoms with Crippen LogP contribution in [0.1, 0.15) is 46.3 Å². The highest BCUT2D eigenvalue weighted by atomic mass is 16.1. The summed E-state index contributed by atoms with van der Waals surface area (Å²) in [7, 11) is 0. The van der Waals surface area contributed by atoms with E-state index in [9.17, 15) is 4.79 Å². The van der Waals surface area contributed by atoms with Crippen molar-refractivity contribution in [3.05, 3.63) is 36.3 Å². The van der Waals surface area contributed by atoms with Crippen LogP contribution in [0.5, 0.6) is 0 Å². The summed E-state index contributed by atoms with van der Waals surface area (Å²) in [5.74, 6) is 0.359. The third-order valence-electron chi connectivity index (χ3n) is 6.08. The number of nitrogens with zero attached hydrogens (tertiary/aromatic N) is 5. The normalized spacial score (nSPS) is 19.1. The van der Waals surface area contributed by atoms with Gasteiger partial charge in [-0.15, -0.1) is 0 Å². The van der Waals surface area contributed by atoms with Crippen molar-refractivity contribution in [2.45, 2.75) is 31.7 Å². The van der Waals surface area contributed by atoms with E-state index in [1.807, 2.05) is 22.9 Å². The highest BCUT2D eigenvalue weighted by Crippen LogP contribution is 2.34. The van der Waals surface area contributed by atoms with Crippen LogP contribution >= 0.6 is 0 Å². The van der Waals surface area contributed by atoms with Crippen molar-refractivity contribution in [1.29, 1.82) is 0 Å². The lowest BCUT2D eigenvalue weighted by atomic mass is 10.2. The van der Waals surface area contributed by atoms with E-state index in [1.54, 1.807) is 12.3 Å². The molecule has 1 amide bonds. The molecule has 3 aromatic rings. The van der Waals surface area contributed by atoms with Gasteiger partial charge in [0.2, 0.25) is 5.95 Å². The summed E-state index contributed by atoms with van der Waals surface area (Å²) in [5, 5.41) is 9.29. The topological polar surface area (TPSA) is 100 Å². The minimum atomic E-state index is -2.56. The summed E-state index contributed by atoms with van der Waals surface area (Å²) in [6.45, 7) is 1.25. The van der Waals surface area contributed by atoms with Crippen LogP contribution in [-0.4, -0.2) is 58.6 Å². The average Bonchev–Trinajstić information content (AvgIpc) is 3.46. The van der Waals surface area contributed by atoms with Gasteiger partial charge in [-0.05, 0) is 31.0 Å². The Morgan fingerprint density at radius 1 is 1.19 bits per heavy atom. The predicted molar refractivity (Wildman–Crippen MR) is 121 cm³/mol. The quantitative estimate of drug-likeness (QED) is 0.580. The van der Waals surface area contributed by atoms with Crippen LogP contribution in [-0.2, 0) is 0 Å². The van der Waals surface area contributed by atoms with Gasteiger partial charge in [0.05, 0.1) is 11.9 Å². The summed E-state index contributed by atoms with van der Waals surface area (Å²) in [5.41, 5.74) is 1.98. The number of carbonyl (C=O) groups is 1. The van der Waals surface area contributed by atoms with E-state index in [4.69, 9.17) is 4.11 Å². The maximum Gasteiger partial charge on any atom is 0.267 e. The Balaban J connectivity index is 1.43. The van der Waals surface area contributed by atoms with E-state index >= 15 is 0 Å². The Kier molecular flexibility index (Phi) is 4.52. The Morgan fingerprint density at radius 3 is 2.77 bits per heavy atom.